The predicted molar refractivity (Wildman–Crippen MR) is 102 cm³/mol. The second-order valence-electron chi connectivity index (χ2n) is 6.39. The number of urea groups is 1. The van der Waals surface area contributed by atoms with Gasteiger partial charge in [-0.25, -0.2) is 14.6 Å². The van der Waals surface area contributed by atoms with Gasteiger partial charge in [0.1, 0.15) is 6.04 Å². The third-order valence-corrected chi connectivity index (χ3v) is 4.76. The van der Waals surface area contributed by atoms with Crippen molar-refractivity contribution in [2.75, 3.05) is 19.0 Å². The Morgan fingerprint density at radius 1 is 1.18 bits per heavy atom. The second-order valence-corrected chi connectivity index (χ2v) is 6.39. The van der Waals surface area contributed by atoms with Crippen molar-refractivity contribution in [3.63, 3.8) is 0 Å². The molecule has 1 aromatic carbocycles. The van der Waals surface area contributed by atoms with Crippen molar-refractivity contribution in [2.24, 2.45) is 0 Å². The summed E-state index contributed by atoms with van der Waals surface area (Å²) in [5.74, 6) is -0.419. The molecule has 3 heterocycles. The van der Waals surface area contributed by atoms with Gasteiger partial charge in [-0.15, -0.1) is 0 Å². The van der Waals surface area contributed by atoms with E-state index in [0.717, 1.165) is 17.0 Å². The van der Waals surface area contributed by atoms with Gasteiger partial charge in [0.15, 0.2) is 0 Å². The van der Waals surface area contributed by atoms with Crippen LogP contribution >= 0.6 is 0 Å². The van der Waals surface area contributed by atoms with Gasteiger partial charge in [0.05, 0.1) is 24.7 Å². The Bertz CT molecular complexity index is 985. The maximum atomic E-state index is 13.0. The maximum absolute atomic E-state index is 13.0. The topological polar surface area (TPSA) is 100 Å². The Morgan fingerprint density at radius 2 is 1.93 bits per heavy atom. The molecule has 0 fully saturated rings. The first-order valence-corrected chi connectivity index (χ1v) is 8.85. The number of carbonyl (C=O) groups is 2. The summed E-state index contributed by atoms with van der Waals surface area (Å²) in [6.07, 6.45) is 5.77. The van der Waals surface area contributed by atoms with Crippen LogP contribution in [-0.2, 0) is 11.2 Å². The molecule has 142 valence electrons. The number of pyridine rings is 1. The number of methoxy groups -OCH3 is 1. The number of hydrogen-bond acceptors (Lipinski definition) is 5. The van der Waals surface area contributed by atoms with Crippen LogP contribution in [0.3, 0.4) is 0 Å². The van der Waals surface area contributed by atoms with Crippen molar-refractivity contribution in [3.05, 3.63) is 77.6 Å². The van der Waals surface area contributed by atoms with Crippen LogP contribution < -0.4 is 5.32 Å². The van der Waals surface area contributed by atoms with Crippen molar-refractivity contribution in [3.8, 4) is 0 Å². The number of aromatic amines is 1. The SMILES string of the molecule is COC(=O)c1ccc(NC(=O)N2CCc3[nH]cnc3[C@@H]2c2ccncc2)cc1. The van der Waals surface area contributed by atoms with Gasteiger partial charge < -0.3 is 19.9 Å². The lowest BCUT2D eigenvalue weighted by Crippen LogP contribution is -2.43. The minimum Gasteiger partial charge on any atom is -0.465 e. The average Bonchev–Trinajstić information content (AvgIpc) is 3.22. The molecular formula is C20H19N5O3. The zero-order valence-corrected chi connectivity index (χ0v) is 15.3. The largest absolute Gasteiger partial charge is 0.465 e. The van der Waals surface area contributed by atoms with E-state index >= 15 is 0 Å². The van der Waals surface area contributed by atoms with Crippen LogP contribution in [0.5, 0.6) is 0 Å². The molecule has 28 heavy (non-hydrogen) atoms. The van der Waals surface area contributed by atoms with Gasteiger partial charge in [-0.1, -0.05) is 0 Å². The van der Waals surface area contributed by atoms with Crippen LogP contribution in [0.2, 0.25) is 0 Å². The molecule has 0 bridgehead atoms. The lowest BCUT2D eigenvalue weighted by molar-refractivity contribution is 0.0600. The Balaban J connectivity index is 1.58. The minimum atomic E-state index is -0.419. The molecule has 0 unspecified atom stereocenters. The summed E-state index contributed by atoms with van der Waals surface area (Å²) >= 11 is 0. The van der Waals surface area contributed by atoms with E-state index in [4.69, 9.17) is 4.74 Å². The molecule has 0 spiro atoms. The quantitative estimate of drug-likeness (QED) is 0.684. The number of carbonyl (C=O) groups excluding carboxylic acids is 2. The Hall–Kier alpha value is -3.68. The van der Waals surface area contributed by atoms with E-state index in [0.29, 0.717) is 24.2 Å². The summed E-state index contributed by atoms with van der Waals surface area (Å²) in [6, 6.07) is 9.83. The van der Waals surface area contributed by atoms with Gasteiger partial charge in [-0.3, -0.25) is 4.98 Å². The van der Waals surface area contributed by atoms with Gasteiger partial charge in [-0.2, -0.15) is 0 Å². The van der Waals surface area contributed by atoms with Crippen LogP contribution in [0.25, 0.3) is 0 Å². The van der Waals surface area contributed by atoms with Crippen LogP contribution in [0, 0.1) is 0 Å². The third-order valence-electron chi connectivity index (χ3n) is 4.76. The minimum absolute atomic E-state index is 0.235. The number of rotatable bonds is 3. The number of aromatic nitrogens is 3. The number of amides is 2. The number of imidazole rings is 1. The normalized spacial score (nSPS) is 15.6. The molecule has 8 heteroatoms. The van der Waals surface area contributed by atoms with Gasteiger partial charge >= 0.3 is 12.0 Å². The fourth-order valence-electron chi connectivity index (χ4n) is 3.38. The number of nitrogens with one attached hydrogen (secondary N) is 2. The molecule has 2 N–H and O–H groups in total. The number of anilines is 1. The van der Waals surface area contributed by atoms with E-state index < -0.39 is 5.97 Å². The molecule has 1 aliphatic rings. The molecule has 3 aromatic rings. The first-order chi connectivity index (χ1) is 13.7. The summed E-state index contributed by atoms with van der Waals surface area (Å²) in [5.41, 5.74) is 3.84. The smallest absolute Gasteiger partial charge is 0.337 e. The van der Waals surface area contributed by atoms with Gasteiger partial charge in [0.25, 0.3) is 0 Å². The monoisotopic (exact) mass is 377 g/mol. The molecule has 2 aromatic heterocycles. The molecular weight excluding hydrogens is 358 g/mol. The van der Waals surface area contributed by atoms with Gasteiger partial charge in [0, 0.05) is 36.7 Å². The molecule has 0 saturated heterocycles. The number of nitrogens with zero attached hydrogens (tertiary/aromatic N) is 3. The highest BCUT2D eigenvalue weighted by Gasteiger charge is 2.34. The standard InChI is InChI=1S/C20H19N5O3/c1-28-19(26)14-2-4-15(5-3-14)24-20(27)25-11-8-16-17(23-12-22-16)18(25)13-6-9-21-10-7-13/h2-7,9-10,12,18H,8,11H2,1H3,(H,22,23)(H,24,27)/t18-/m0/s1. The van der Waals surface area contributed by atoms with E-state index in [-0.39, 0.29) is 12.1 Å². The van der Waals surface area contributed by atoms with E-state index in [9.17, 15) is 9.59 Å². The predicted octanol–water partition coefficient (Wildman–Crippen LogP) is 2.77. The zero-order valence-electron chi connectivity index (χ0n) is 15.3. The Morgan fingerprint density at radius 3 is 2.64 bits per heavy atom. The summed E-state index contributed by atoms with van der Waals surface area (Å²) in [5, 5.41) is 2.90. The van der Waals surface area contributed by atoms with Gasteiger partial charge in [0.2, 0.25) is 0 Å². The molecule has 1 atom stereocenters. The number of esters is 1. The molecule has 0 saturated carbocycles. The van der Waals surface area contributed by atoms with Crippen molar-refractivity contribution >= 4 is 17.7 Å². The van der Waals surface area contributed by atoms with Crippen LogP contribution in [-0.4, -0.2) is 45.5 Å². The highest BCUT2D eigenvalue weighted by Crippen LogP contribution is 2.33. The summed E-state index contributed by atoms with van der Waals surface area (Å²) in [7, 11) is 1.33. The van der Waals surface area contributed by atoms with Crippen molar-refractivity contribution in [2.45, 2.75) is 12.5 Å². The Kier molecular flexibility index (Phi) is 4.76. The highest BCUT2D eigenvalue weighted by molar-refractivity contribution is 5.92. The van der Waals surface area contributed by atoms with Crippen molar-refractivity contribution < 1.29 is 14.3 Å². The maximum Gasteiger partial charge on any atom is 0.337 e. The molecule has 4 rings (SSSR count). The van der Waals surface area contributed by atoms with E-state index in [2.05, 4.69) is 20.3 Å². The number of ether oxygens (including phenoxy) is 1. The first kappa shape index (κ1) is 17.7. The molecule has 1 aliphatic heterocycles. The Labute approximate surface area is 161 Å². The number of hydrogen-bond donors (Lipinski definition) is 2. The fourth-order valence-corrected chi connectivity index (χ4v) is 3.38. The summed E-state index contributed by atoms with van der Waals surface area (Å²) in [6.45, 7) is 0.550. The number of H-pyrrole nitrogens is 1. The molecule has 2 amide bonds. The van der Waals surface area contributed by atoms with E-state index in [1.807, 2.05) is 12.1 Å². The molecule has 0 radical (unpaired) electrons. The van der Waals surface area contributed by atoms with E-state index in [1.54, 1.807) is 47.9 Å². The van der Waals surface area contributed by atoms with E-state index in [1.165, 1.54) is 7.11 Å². The summed E-state index contributed by atoms with van der Waals surface area (Å²) in [4.78, 5) is 38.0. The van der Waals surface area contributed by atoms with Crippen molar-refractivity contribution in [1.29, 1.82) is 0 Å². The third kappa shape index (κ3) is 3.32. The number of fused-ring (bicyclic) bond motifs is 1. The van der Waals surface area contributed by atoms with Crippen molar-refractivity contribution in [1.82, 2.24) is 19.9 Å². The molecule has 0 aliphatic carbocycles. The van der Waals surface area contributed by atoms with Crippen LogP contribution in [0.4, 0.5) is 10.5 Å². The second kappa shape index (κ2) is 7.51. The van der Waals surface area contributed by atoms with Crippen LogP contribution in [0.1, 0.15) is 33.4 Å². The zero-order chi connectivity index (χ0) is 19.5. The summed E-state index contributed by atoms with van der Waals surface area (Å²) < 4.78 is 4.69. The first-order valence-electron chi connectivity index (χ1n) is 8.85. The average molecular weight is 377 g/mol. The lowest BCUT2D eigenvalue weighted by Gasteiger charge is -2.35. The number of benzene rings is 1. The fraction of sp³-hybridized carbons (Fsp3) is 0.200. The highest BCUT2D eigenvalue weighted by atomic mass is 16.5. The lowest BCUT2D eigenvalue weighted by atomic mass is 9.97. The van der Waals surface area contributed by atoms with Gasteiger partial charge in [-0.05, 0) is 42.0 Å². The molecule has 8 nitrogen and oxygen atoms in total. The van der Waals surface area contributed by atoms with Crippen LogP contribution in [0.15, 0.2) is 55.1 Å².